The number of benzene rings is 1. The number of hydrogen-bond acceptors (Lipinski definition) is 6. The number of amides is 2. The summed E-state index contributed by atoms with van der Waals surface area (Å²) in [5.74, 6) is -2.83. The van der Waals surface area contributed by atoms with Gasteiger partial charge in [0.1, 0.15) is 6.10 Å². The van der Waals surface area contributed by atoms with Gasteiger partial charge in [-0.1, -0.05) is 96.0 Å². The van der Waals surface area contributed by atoms with Crippen LogP contribution in [0.3, 0.4) is 0 Å². The molecular formula is C34H53N2O6-. The van der Waals surface area contributed by atoms with E-state index in [1.54, 1.807) is 13.8 Å². The zero-order chi connectivity index (χ0) is 30.8. The first-order valence-corrected chi connectivity index (χ1v) is 16.1. The predicted octanol–water partition coefficient (Wildman–Crippen LogP) is 4.83. The van der Waals surface area contributed by atoms with Gasteiger partial charge in [-0.3, -0.25) is 9.59 Å². The Labute approximate surface area is 252 Å². The molecule has 8 heteroatoms. The highest BCUT2D eigenvalue weighted by molar-refractivity contribution is 5.84. The Balaban J connectivity index is 1.83. The molecule has 3 atom stereocenters. The fourth-order valence-electron chi connectivity index (χ4n) is 6.42. The molecular weight excluding hydrogens is 532 g/mol. The summed E-state index contributed by atoms with van der Waals surface area (Å²) >= 11 is 0. The summed E-state index contributed by atoms with van der Waals surface area (Å²) in [4.78, 5) is 39.8. The Hall–Kier alpha value is -2.45. The van der Waals surface area contributed by atoms with Gasteiger partial charge in [-0.05, 0) is 51.5 Å². The molecule has 42 heavy (non-hydrogen) atoms. The summed E-state index contributed by atoms with van der Waals surface area (Å²) in [7, 11) is 0. The molecule has 1 heterocycles. The maximum Gasteiger partial charge on any atom is 0.250 e. The van der Waals surface area contributed by atoms with Crippen molar-refractivity contribution >= 4 is 17.8 Å². The maximum atomic E-state index is 14.0. The van der Waals surface area contributed by atoms with Crippen molar-refractivity contribution in [1.82, 2.24) is 10.6 Å². The normalized spacial score (nSPS) is 22.5. The Morgan fingerprint density at radius 1 is 0.976 bits per heavy atom. The molecule has 8 nitrogen and oxygen atoms in total. The first-order chi connectivity index (χ1) is 19.9. The third-order valence-electron chi connectivity index (χ3n) is 9.01. The van der Waals surface area contributed by atoms with Crippen LogP contribution in [0, 0.1) is 11.3 Å². The van der Waals surface area contributed by atoms with Gasteiger partial charge >= 0.3 is 0 Å². The van der Waals surface area contributed by atoms with Crippen LogP contribution < -0.4 is 15.7 Å². The Morgan fingerprint density at radius 3 is 2.31 bits per heavy atom. The minimum Gasteiger partial charge on any atom is -0.550 e. The number of hydrogen-bond donors (Lipinski definition) is 2. The van der Waals surface area contributed by atoms with Gasteiger partial charge in [-0.15, -0.1) is 0 Å². The Kier molecular flexibility index (Phi) is 12.4. The van der Waals surface area contributed by atoms with Crippen LogP contribution in [0.25, 0.3) is 0 Å². The van der Waals surface area contributed by atoms with Crippen LogP contribution >= 0.6 is 0 Å². The van der Waals surface area contributed by atoms with Gasteiger partial charge in [0.05, 0.1) is 18.2 Å². The van der Waals surface area contributed by atoms with Crippen LogP contribution in [0.1, 0.15) is 117 Å². The van der Waals surface area contributed by atoms with Gasteiger partial charge in [0.2, 0.25) is 11.8 Å². The molecule has 2 amide bonds. The van der Waals surface area contributed by atoms with Gasteiger partial charge < -0.3 is 30.0 Å². The average molecular weight is 586 g/mol. The highest BCUT2D eigenvalue weighted by Crippen LogP contribution is 2.37. The third-order valence-corrected chi connectivity index (χ3v) is 9.01. The van der Waals surface area contributed by atoms with Crippen molar-refractivity contribution < 1.29 is 29.0 Å². The molecule has 0 radical (unpaired) electrons. The van der Waals surface area contributed by atoms with Crippen molar-refractivity contribution in [3.63, 3.8) is 0 Å². The number of carbonyl (C=O) groups excluding carboxylic acids is 3. The lowest BCUT2D eigenvalue weighted by atomic mass is 9.74. The first-order valence-electron chi connectivity index (χ1n) is 16.1. The fraction of sp³-hybridized carbons (Fsp3) is 0.735. The monoisotopic (exact) mass is 585 g/mol. The molecule has 2 N–H and O–H groups in total. The number of nitrogens with one attached hydrogen (secondary N) is 2. The van der Waals surface area contributed by atoms with Crippen LogP contribution in [0.15, 0.2) is 30.3 Å². The quantitative estimate of drug-likeness (QED) is 0.285. The van der Waals surface area contributed by atoms with E-state index in [2.05, 4.69) is 29.7 Å². The van der Waals surface area contributed by atoms with E-state index in [0.29, 0.717) is 19.4 Å². The zero-order valence-corrected chi connectivity index (χ0v) is 26.5. The first kappa shape index (κ1) is 34.0. The van der Waals surface area contributed by atoms with Crippen molar-refractivity contribution in [2.75, 3.05) is 6.61 Å². The minimum absolute atomic E-state index is 0.0503. The van der Waals surface area contributed by atoms with E-state index in [0.717, 1.165) is 64.2 Å². The molecule has 0 bridgehead atoms. The second-order valence-electron chi connectivity index (χ2n) is 13.6. The molecule has 1 aromatic rings. The van der Waals surface area contributed by atoms with E-state index < -0.39 is 34.9 Å². The molecule has 3 unspecified atom stereocenters. The molecule has 0 aromatic heterocycles. The zero-order valence-electron chi connectivity index (χ0n) is 26.5. The number of carbonyl (C=O) groups is 3. The third kappa shape index (κ3) is 9.80. The lowest BCUT2D eigenvalue weighted by Crippen LogP contribution is -2.67. The van der Waals surface area contributed by atoms with Crippen LogP contribution in [0.5, 0.6) is 0 Å². The standard InChI is InChI=1S/C34H54N2O6/c1-6-7-8-13-18-26(20-19-25-16-11-9-12-17-25)30(39)36-34(21-14-10-15-22-34)27(23-28(37)38)35-31(40)29-32(2,3)24-41-33(4,5)42-29/h9,11-12,16-17,26-27,29H,6-8,10,13-15,18-24H2,1-5H3,(H,35,40)(H,36,39)(H,37,38)/p-1. The Bertz CT molecular complexity index is 1020. The van der Waals surface area contributed by atoms with Gasteiger partial charge in [0.15, 0.2) is 5.79 Å². The topological polar surface area (TPSA) is 117 Å². The van der Waals surface area contributed by atoms with Crippen molar-refractivity contribution in [3.05, 3.63) is 35.9 Å². The molecule has 1 aromatic carbocycles. The lowest BCUT2D eigenvalue weighted by molar-refractivity contribution is -0.307. The van der Waals surface area contributed by atoms with Crippen molar-refractivity contribution in [1.29, 1.82) is 0 Å². The highest BCUT2D eigenvalue weighted by atomic mass is 16.7. The van der Waals surface area contributed by atoms with E-state index >= 15 is 0 Å². The fourth-order valence-corrected chi connectivity index (χ4v) is 6.42. The lowest BCUT2D eigenvalue weighted by Gasteiger charge is -2.48. The van der Waals surface area contributed by atoms with Crippen molar-refractivity contribution in [3.8, 4) is 0 Å². The van der Waals surface area contributed by atoms with Gasteiger partial charge in [0.25, 0.3) is 0 Å². The van der Waals surface area contributed by atoms with Crippen LogP contribution in [0.4, 0.5) is 0 Å². The molecule has 1 aliphatic heterocycles. The van der Waals surface area contributed by atoms with E-state index in [4.69, 9.17) is 9.47 Å². The summed E-state index contributed by atoms with van der Waals surface area (Å²) in [5.41, 5.74) is -0.291. The SMILES string of the molecule is CCCCCCC(CCc1ccccc1)C(=O)NC1(C(CC(=O)[O-])NC(=O)C2OC(C)(C)OCC2(C)C)CCCCC1. The minimum atomic E-state index is -1.26. The second-order valence-corrected chi connectivity index (χ2v) is 13.6. The van der Waals surface area contributed by atoms with Crippen LogP contribution in [0.2, 0.25) is 0 Å². The van der Waals surface area contributed by atoms with Gasteiger partial charge in [0, 0.05) is 23.7 Å². The summed E-state index contributed by atoms with van der Waals surface area (Å²) < 4.78 is 11.8. The van der Waals surface area contributed by atoms with Gasteiger partial charge in [-0.2, -0.15) is 0 Å². The largest absolute Gasteiger partial charge is 0.550 e. The van der Waals surface area contributed by atoms with Gasteiger partial charge in [-0.25, -0.2) is 0 Å². The summed E-state index contributed by atoms with van der Waals surface area (Å²) in [6, 6.07) is 9.37. The van der Waals surface area contributed by atoms with Crippen LogP contribution in [-0.4, -0.2) is 47.9 Å². The maximum absolute atomic E-state index is 14.0. The average Bonchev–Trinajstić information content (AvgIpc) is 2.94. The number of aliphatic carboxylic acids is 1. The second kappa shape index (κ2) is 15.3. The number of carboxylic acid groups (broad SMARTS) is 1. The van der Waals surface area contributed by atoms with E-state index in [9.17, 15) is 19.5 Å². The highest BCUT2D eigenvalue weighted by Gasteiger charge is 2.48. The number of aryl methyl sites for hydroxylation is 1. The van der Waals surface area contributed by atoms with E-state index in [-0.39, 0.29) is 24.2 Å². The summed E-state index contributed by atoms with van der Waals surface area (Å²) in [6.45, 7) is 9.82. The van der Waals surface area contributed by atoms with E-state index in [1.807, 2.05) is 32.0 Å². The number of ether oxygens (including phenoxy) is 2. The van der Waals surface area contributed by atoms with Crippen LogP contribution in [-0.2, 0) is 30.3 Å². The number of carboxylic acids is 1. The molecule has 1 aliphatic carbocycles. The molecule has 2 fully saturated rings. The Morgan fingerprint density at radius 2 is 1.67 bits per heavy atom. The molecule has 1 saturated carbocycles. The summed E-state index contributed by atoms with van der Waals surface area (Å²) in [6.07, 6.45) is 9.28. The molecule has 3 rings (SSSR count). The predicted molar refractivity (Wildman–Crippen MR) is 161 cm³/mol. The smallest absolute Gasteiger partial charge is 0.250 e. The molecule has 1 saturated heterocycles. The van der Waals surface area contributed by atoms with Crippen molar-refractivity contribution in [2.24, 2.45) is 11.3 Å². The molecule has 0 spiro atoms. The molecule has 236 valence electrons. The summed E-state index contributed by atoms with van der Waals surface area (Å²) in [5, 5.41) is 18.4. The van der Waals surface area contributed by atoms with Crippen molar-refractivity contribution in [2.45, 2.75) is 142 Å². The number of unbranched alkanes of at least 4 members (excludes halogenated alkanes) is 3. The number of rotatable bonds is 15. The van der Waals surface area contributed by atoms with E-state index in [1.165, 1.54) is 5.56 Å². The molecule has 2 aliphatic rings.